The maximum absolute atomic E-state index is 12.6. The van der Waals surface area contributed by atoms with Gasteiger partial charge in [0.15, 0.2) is 0 Å². The summed E-state index contributed by atoms with van der Waals surface area (Å²) in [5, 5.41) is 2.62. The Kier molecular flexibility index (Phi) is 6.93. The molecule has 0 saturated carbocycles. The first-order valence-electron chi connectivity index (χ1n) is 8.15. The quantitative estimate of drug-likeness (QED) is 0.698. The van der Waals surface area contributed by atoms with Crippen LogP contribution in [-0.4, -0.2) is 49.2 Å². The number of hydrogen-bond donors (Lipinski definition) is 1. The number of nitrogens with zero attached hydrogens (tertiary/aromatic N) is 2. The van der Waals surface area contributed by atoms with Gasteiger partial charge in [0.1, 0.15) is 11.8 Å². The van der Waals surface area contributed by atoms with Crippen molar-refractivity contribution < 1.29 is 28.5 Å². The van der Waals surface area contributed by atoms with Crippen LogP contribution >= 0.6 is 0 Å². The molecule has 0 radical (unpaired) electrons. The number of esters is 1. The van der Waals surface area contributed by atoms with Gasteiger partial charge in [-0.15, -0.1) is 0 Å². The van der Waals surface area contributed by atoms with Crippen molar-refractivity contribution in [3.05, 3.63) is 35.9 Å². The summed E-state index contributed by atoms with van der Waals surface area (Å²) in [5.74, 6) is -0.307. The minimum Gasteiger partial charge on any atom is -0.481 e. The number of benzene rings is 1. The molecule has 0 aliphatic heterocycles. The molecule has 144 valence electrons. The molecular formula is C18H21N3O6. The molecule has 1 atom stereocenters. The Bertz CT molecular complexity index is 789. The third-order valence-corrected chi connectivity index (χ3v) is 3.61. The first kappa shape index (κ1) is 20.0. The summed E-state index contributed by atoms with van der Waals surface area (Å²) < 4.78 is 20.5. The summed E-state index contributed by atoms with van der Waals surface area (Å²) >= 11 is 0. The molecule has 1 amide bonds. The largest absolute Gasteiger partial charge is 0.481 e. The first-order chi connectivity index (χ1) is 13.0. The monoisotopic (exact) mass is 375 g/mol. The number of nitrogens with one attached hydrogen (secondary N) is 1. The predicted molar refractivity (Wildman–Crippen MR) is 95.2 cm³/mol. The summed E-state index contributed by atoms with van der Waals surface area (Å²) in [6.07, 6.45) is 0.387. The number of ether oxygens (including phenoxy) is 4. The van der Waals surface area contributed by atoms with Crippen LogP contribution in [0.15, 0.2) is 30.3 Å². The number of carbonyl (C=O) groups excluding carboxylic acids is 2. The van der Waals surface area contributed by atoms with Gasteiger partial charge in [0.25, 0.3) is 5.91 Å². The summed E-state index contributed by atoms with van der Waals surface area (Å²) in [6, 6.07) is 7.20. The van der Waals surface area contributed by atoms with Crippen LogP contribution in [0.5, 0.6) is 23.5 Å². The van der Waals surface area contributed by atoms with Crippen LogP contribution in [0.3, 0.4) is 0 Å². The van der Waals surface area contributed by atoms with E-state index in [1.165, 1.54) is 27.4 Å². The number of para-hydroxylation sites is 1. The molecule has 1 aromatic carbocycles. The van der Waals surface area contributed by atoms with E-state index >= 15 is 0 Å². The minimum atomic E-state index is -0.760. The molecule has 0 unspecified atom stereocenters. The maximum atomic E-state index is 12.6. The van der Waals surface area contributed by atoms with Gasteiger partial charge in [-0.1, -0.05) is 19.1 Å². The average Bonchev–Trinajstić information content (AvgIpc) is 2.71. The van der Waals surface area contributed by atoms with Crippen molar-refractivity contribution in [2.75, 3.05) is 21.3 Å². The van der Waals surface area contributed by atoms with E-state index in [1.807, 2.05) is 0 Å². The SMILES string of the molecule is CC[C@H](NC(=O)c1ccccc1Oc1nc(OC)cc(OC)n1)C(=O)OC. The molecule has 2 aromatic rings. The molecule has 9 nitrogen and oxygen atoms in total. The summed E-state index contributed by atoms with van der Waals surface area (Å²) in [6.45, 7) is 1.76. The molecule has 0 spiro atoms. The Labute approximate surface area is 156 Å². The molecule has 2 rings (SSSR count). The lowest BCUT2D eigenvalue weighted by atomic mass is 10.1. The zero-order valence-corrected chi connectivity index (χ0v) is 15.5. The minimum absolute atomic E-state index is 0.0496. The van der Waals surface area contributed by atoms with Gasteiger partial charge in [0.05, 0.1) is 33.0 Å². The highest BCUT2D eigenvalue weighted by molar-refractivity contribution is 5.99. The molecule has 9 heteroatoms. The van der Waals surface area contributed by atoms with E-state index in [-0.39, 0.29) is 29.1 Å². The van der Waals surface area contributed by atoms with Crippen LogP contribution in [0, 0.1) is 0 Å². The van der Waals surface area contributed by atoms with Gasteiger partial charge in [-0.3, -0.25) is 4.79 Å². The molecule has 1 N–H and O–H groups in total. The lowest BCUT2D eigenvalue weighted by molar-refractivity contribution is -0.142. The van der Waals surface area contributed by atoms with E-state index in [2.05, 4.69) is 20.0 Å². The zero-order valence-electron chi connectivity index (χ0n) is 15.5. The number of rotatable bonds is 8. The molecule has 0 saturated heterocycles. The topological polar surface area (TPSA) is 109 Å². The standard InChI is InChI=1S/C18H21N3O6/c1-5-12(17(23)26-4)19-16(22)11-8-6-7-9-13(11)27-18-20-14(24-2)10-15(21-18)25-3/h6-10,12H,5H2,1-4H3,(H,19,22)/t12-/m0/s1. The van der Waals surface area contributed by atoms with E-state index in [0.29, 0.717) is 6.42 Å². The van der Waals surface area contributed by atoms with Crippen molar-refractivity contribution in [2.24, 2.45) is 0 Å². The Hall–Kier alpha value is -3.36. The van der Waals surface area contributed by atoms with Gasteiger partial charge in [0, 0.05) is 0 Å². The van der Waals surface area contributed by atoms with E-state index in [0.717, 1.165) is 0 Å². The van der Waals surface area contributed by atoms with E-state index in [4.69, 9.17) is 14.2 Å². The highest BCUT2D eigenvalue weighted by Gasteiger charge is 2.22. The molecule has 0 aliphatic carbocycles. The molecule has 0 fully saturated rings. The summed E-state index contributed by atoms with van der Waals surface area (Å²) in [5.41, 5.74) is 0.213. The second-order valence-electron chi connectivity index (χ2n) is 5.29. The van der Waals surface area contributed by atoms with Gasteiger partial charge in [-0.25, -0.2) is 4.79 Å². The fraction of sp³-hybridized carbons (Fsp3) is 0.333. The van der Waals surface area contributed by atoms with Crippen molar-refractivity contribution in [2.45, 2.75) is 19.4 Å². The number of methoxy groups -OCH3 is 3. The van der Waals surface area contributed by atoms with E-state index in [1.54, 1.807) is 31.2 Å². The second kappa shape index (κ2) is 9.37. The zero-order chi connectivity index (χ0) is 19.8. The molecule has 27 heavy (non-hydrogen) atoms. The van der Waals surface area contributed by atoms with Crippen LogP contribution < -0.4 is 19.5 Å². The van der Waals surface area contributed by atoms with Crippen LogP contribution in [0.25, 0.3) is 0 Å². The average molecular weight is 375 g/mol. The van der Waals surface area contributed by atoms with Crippen molar-refractivity contribution in [1.29, 1.82) is 0 Å². The first-order valence-corrected chi connectivity index (χ1v) is 8.15. The van der Waals surface area contributed by atoms with Crippen LogP contribution in [0.2, 0.25) is 0 Å². The summed E-state index contributed by atoms with van der Waals surface area (Å²) in [7, 11) is 4.16. The number of aromatic nitrogens is 2. The van der Waals surface area contributed by atoms with Gasteiger partial charge < -0.3 is 24.3 Å². The fourth-order valence-electron chi connectivity index (χ4n) is 2.19. The number of hydrogen-bond acceptors (Lipinski definition) is 8. The third kappa shape index (κ3) is 5.06. The fourth-order valence-corrected chi connectivity index (χ4v) is 2.19. The van der Waals surface area contributed by atoms with Crippen LogP contribution in [-0.2, 0) is 9.53 Å². The van der Waals surface area contributed by atoms with Crippen molar-refractivity contribution in [3.8, 4) is 23.5 Å². The third-order valence-electron chi connectivity index (χ3n) is 3.61. The van der Waals surface area contributed by atoms with Crippen LogP contribution in [0.4, 0.5) is 0 Å². The highest BCUT2D eigenvalue weighted by atomic mass is 16.5. The Morgan fingerprint density at radius 3 is 2.26 bits per heavy atom. The normalized spacial score (nSPS) is 11.3. The number of carbonyl (C=O) groups is 2. The smallest absolute Gasteiger partial charge is 0.328 e. The van der Waals surface area contributed by atoms with Crippen LogP contribution in [0.1, 0.15) is 23.7 Å². The van der Waals surface area contributed by atoms with Gasteiger partial charge in [0.2, 0.25) is 11.8 Å². The van der Waals surface area contributed by atoms with Crippen molar-refractivity contribution in [1.82, 2.24) is 15.3 Å². The van der Waals surface area contributed by atoms with E-state index in [9.17, 15) is 9.59 Å². The molecule has 1 heterocycles. The molecule has 0 bridgehead atoms. The molecule has 1 aromatic heterocycles. The predicted octanol–water partition coefficient (Wildman–Crippen LogP) is 1.97. The second-order valence-corrected chi connectivity index (χ2v) is 5.29. The van der Waals surface area contributed by atoms with Crippen molar-refractivity contribution in [3.63, 3.8) is 0 Å². The number of amides is 1. The lowest BCUT2D eigenvalue weighted by Gasteiger charge is -2.16. The molecular weight excluding hydrogens is 354 g/mol. The highest BCUT2D eigenvalue weighted by Crippen LogP contribution is 2.26. The Morgan fingerprint density at radius 1 is 1.07 bits per heavy atom. The van der Waals surface area contributed by atoms with Gasteiger partial charge >= 0.3 is 12.0 Å². The van der Waals surface area contributed by atoms with Gasteiger partial charge in [-0.05, 0) is 18.6 Å². The van der Waals surface area contributed by atoms with Crippen molar-refractivity contribution >= 4 is 11.9 Å². The molecule has 0 aliphatic rings. The Balaban J connectivity index is 2.28. The van der Waals surface area contributed by atoms with Gasteiger partial charge in [-0.2, -0.15) is 9.97 Å². The summed E-state index contributed by atoms with van der Waals surface area (Å²) in [4.78, 5) is 32.5. The Morgan fingerprint density at radius 2 is 1.70 bits per heavy atom. The van der Waals surface area contributed by atoms with E-state index < -0.39 is 17.9 Å². The lowest BCUT2D eigenvalue weighted by Crippen LogP contribution is -2.41. The maximum Gasteiger partial charge on any atom is 0.328 e.